The number of nitro groups is 1. The molecule has 0 aliphatic carbocycles. The first-order valence-corrected chi connectivity index (χ1v) is 3.44. The van der Waals surface area contributed by atoms with Crippen LogP contribution in [0.5, 0.6) is 0 Å². The van der Waals surface area contributed by atoms with E-state index >= 15 is 0 Å². The Hall–Kier alpha value is -1.92. The van der Waals surface area contributed by atoms with E-state index in [2.05, 4.69) is 4.98 Å². The molecule has 0 aromatic carbocycles. The van der Waals surface area contributed by atoms with E-state index in [1.807, 2.05) is 0 Å². The number of hydrogen-bond acceptors (Lipinski definition) is 4. The van der Waals surface area contributed by atoms with Crippen molar-refractivity contribution in [3.8, 4) is 0 Å². The van der Waals surface area contributed by atoms with Crippen LogP contribution in [0.15, 0.2) is 12.3 Å². The number of nitrogens with zero attached hydrogens (tertiary/aromatic N) is 2. The smallest absolute Gasteiger partial charge is 0.282 e. The maximum absolute atomic E-state index is 12.2. The van der Waals surface area contributed by atoms with Crippen LogP contribution in [-0.4, -0.2) is 16.2 Å². The van der Waals surface area contributed by atoms with Crippen LogP contribution < -0.4 is 0 Å². The molecule has 7 heteroatoms. The number of hydrogen-bond donors (Lipinski definition) is 0. The van der Waals surface area contributed by atoms with Crippen molar-refractivity contribution in [3.63, 3.8) is 0 Å². The summed E-state index contributed by atoms with van der Waals surface area (Å²) >= 11 is 0. The van der Waals surface area contributed by atoms with Gasteiger partial charge >= 0.3 is 0 Å². The van der Waals surface area contributed by atoms with E-state index in [4.69, 9.17) is 0 Å². The molecule has 0 unspecified atom stereocenters. The molecule has 0 amide bonds. The molecule has 0 N–H and O–H groups in total. The summed E-state index contributed by atoms with van der Waals surface area (Å²) in [6.45, 7) is 0. The normalized spacial score (nSPS) is 10.2. The summed E-state index contributed by atoms with van der Waals surface area (Å²) in [7, 11) is 0. The van der Waals surface area contributed by atoms with Crippen molar-refractivity contribution in [2.24, 2.45) is 0 Å². The highest BCUT2D eigenvalue weighted by molar-refractivity contribution is 5.73. The molecule has 0 spiro atoms. The fourth-order valence-electron chi connectivity index (χ4n) is 0.862. The molecule has 0 aliphatic heterocycles. The Morgan fingerprint density at radius 1 is 1.57 bits per heavy atom. The molecule has 0 fully saturated rings. The molecule has 0 atom stereocenters. The zero-order chi connectivity index (χ0) is 10.7. The number of carbonyl (C=O) groups is 1. The van der Waals surface area contributed by atoms with Crippen LogP contribution in [0.3, 0.4) is 0 Å². The van der Waals surface area contributed by atoms with Gasteiger partial charge in [0.05, 0.1) is 4.92 Å². The monoisotopic (exact) mass is 202 g/mol. The molecule has 0 bridgehead atoms. The third-order valence-electron chi connectivity index (χ3n) is 1.49. The number of alkyl halides is 2. The van der Waals surface area contributed by atoms with Crippen LogP contribution in [0.2, 0.25) is 0 Å². The predicted octanol–water partition coefficient (Wildman–Crippen LogP) is 1.74. The van der Waals surface area contributed by atoms with Gasteiger partial charge < -0.3 is 0 Å². The van der Waals surface area contributed by atoms with Gasteiger partial charge in [0.25, 0.3) is 12.1 Å². The highest BCUT2D eigenvalue weighted by Crippen LogP contribution is 2.27. The SMILES string of the molecule is O=Cc1cc([N+](=O)[O-])c(C(F)F)cn1. The topological polar surface area (TPSA) is 73.1 Å². The van der Waals surface area contributed by atoms with Crippen LogP contribution in [0, 0.1) is 10.1 Å². The summed E-state index contributed by atoms with van der Waals surface area (Å²) in [5.74, 6) is 0. The highest BCUT2D eigenvalue weighted by Gasteiger charge is 2.22. The second kappa shape index (κ2) is 3.86. The third kappa shape index (κ3) is 1.87. The van der Waals surface area contributed by atoms with Crippen LogP contribution >= 0.6 is 0 Å². The minimum atomic E-state index is -2.98. The number of rotatable bonds is 3. The van der Waals surface area contributed by atoms with Crippen LogP contribution in [0.4, 0.5) is 14.5 Å². The summed E-state index contributed by atoms with van der Waals surface area (Å²) in [5, 5.41) is 10.3. The summed E-state index contributed by atoms with van der Waals surface area (Å²) in [4.78, 5) is 22.8. The Labute approximate surface area is 76.5 Å². The lowest BCUT2D eigenvalue weighted by Gasteiger charge is -2.00. The first kappa shape index (κ1) is 10.2. The van der Waals surface area contributed by atoms with E-state index in [0.717, 1.165) is 0 Å². The van der Waals surface area contributed by atoms with Gasteiger partial charge in [-0.3, -0.25) is 19.9 Å². The van der Waals surface area contributed by atoms with Crippen molar-refractivity contribution in [2.75, 3.05) is 0 Å². The summed E-state index contributed by atoms with van der Waals surface area (Å²) in [6.07, 6.45) is -2.10. The first-order chi connectivity index (χ1) is 6.56. The molecule has 1 aromatic rings. The van der Waals surface area contributed by atoms with Crippen LogP contribution in [-0.2, 0) is 0 Å². The molecule has 1 rings (SSSR count). The van der Waals surface area contributed by atoms with Gasteiger partial charge in [0.15, 0.2) is 6.29 Å². The third-order valence-corrected chi connectivity index (χ3v) is 1.49. The fourth-order valence-corrected chi connectivity index (χ4v) is 0.862. The minimum Gasteiger partial charge on any atom is -0.296 e. The Balaban J connectivity index is 3.31. The van der Waals surface area contributed by atoms with E-state index < -0.39 is 22.6 Å². The van der Waals surface area contributed by atoms with Crippen LogP contribution in [0.1, 0.15) is 22.5 Å². The second-order valence-corrected chi connectivity index (χ2v) is 2.34. The Morgan fingerprint density at radius 2 is 2.21 bits per heavy atom. The van der Waals surface area contributed by atoms with Crippen LogP contribution in [0.25, 0.3) is 0 Å². The number of pyridine rings is 1. The molecule has 0 saturated heterocycles. The van der Waals surface area contributed by atoms with E-state index in [9.17, 15) is 23.7 Å². The quantitative estimate of drug-likeness (QED) is 0.425. The lowest BCUT2D eigenvalue weighted by Crippen LogP contribution is -1.99. The molecule has 0 radical (unpaired) electrons. The number of aromatic nitrogens is 1. The Morgan fingerprint density at radius 3 is 2.64 bits per heavy atom. The van der Waals surface area contributed by atoms with Gasteiger partial charge in [-0.15, -0.1) is 0 Å². The number of halogens is 2. The summed E-state index contributed by atoms with van der Waals surface area (Å²) < 4.78 is 24.4. The van der Waals surface area contributed by atoms with Gasteiger partial charge in [-0.1, -0.05) is 0 Å². The molecular formula is C7H4F2N2O3. The summed E-state index contributed by atoms with van der Waals surface area (Å²) in [5.41, 5.74) is -1.83. The molecule has 1 heterocycles. The predicted molar refractivity (Wildman–Crippen MR) is 41.2 cm³/mol. The second-order valence-electron chi connectivity index (χ2n) is 2.34. The van der Waals surface area contributed by atoms with E-state index in [1.54, 1.807) is 0 Å². The molecule has 1 aromatic heterocycles. The van der Waals surface area contributed by atoms with Gasteiger partial charge in [-0.2, -0.15) is 0 Å². The molecule has 74 valence electrons. The lowest BCUT2D eigenvalue weighted by molar-refractivity contribution is -0.386. The molecular weight excluding hydrogens is 198 g/mol. The minimum absolute atomic E-state index is 0.249. The van der Waals surface area contributed by atoms with Gasteiger partial charge in [0.1, 0.15) is 11.3 Å². The average Bonchev–Trinajstić information content (AvgIpc) is 2.16. The van der Waals surface area contributed by atoms with Crippen molar-refractivity contribution in [1.82, 2.24) is 4.98 Å². The van der Waals surface area contributed by atoms with Gasteiger partial charge in [-0.25, -0.2) is 8.78 Å². The summed E-state index contributed by atoms with van der Waals surface area (Å²) in [6, 6.07) is 0.717. The lowest BCUT2D eigenvalue weighted by atomic mass is 10.2. The van der Waals surface area contributed by atoms with E-state index in [0.29, 0.717) is 12.3 Å². The first-order valence-electron chi connectivity index (χ1n) is 3.44. The standard InChI is InChI=1S/C7H4F2N2O3/c8-7(9)5-2-10-4(3-12)1-6(5)11(13)14/h1-3,7H. The fraction of sp³-hybridized carbons (Fsp3) is 0.143. The zero-order valence-electron chi connectivity index (χ0n) is 6.68. The number of aldehydes is 1. The number of carbonyl (C=O) groups excluding carboxylic acids is 1. The molecule has 5 nitrogen and oxygen atoms in total. The van der Waals surface area contributed by atoms with Crippen molar-refractivity contribution < 1.29 is 18.5 Å². The van der Waals surface area contributed by atoms with Gasteiger partial charge in [0.2, 0.25) is 0 Å². The maximum atomic E-state index is 12.2. The largest absolute Gasteiger partial charge is 0.296 e. The van der Waals surface area contributed by atoms with E-state index in [-0.39, 0.29) is 12.0 Å². The van der Waals surface area contributed by atoms with Crippen molar-refractivity contribution >= 4 is 12.0 Å². The molecule has 0 saturated carbocycles. The van der Waals surface area contributed by atoms with E-state index in [1.165, 1.54) is 0 Å². The molecule has 14 heavy (non-hydrogen) atoms. The van der Waals surface area contributed by atoms with Gasteiger partial charge in [0, 0.05) is 12.3 Å². The Kier molecular flexibility index (Phi) is 2.80. The van der Waals surface area contributed by atoms with Gasteiger partial charge in [-0.05, 0) is 0 Å². The van der Waals surface area contributed by atoms with Crippen molar-refractivity contribution in [2.45, 2.75) is 6.43 Å². The highest BCUT2D eigenvalue weighted by atomic mass is 19.3. The van der Waals surface area contributed by atoms with Crippen molar-refractivity contribution in [1.29, 1.82) is 0 Å². The van der Waals surface area contributed by atoms with Crippen molar-refractivity contribution in [3.05, 3.63) is 33.6 Å². The Bertz CT molecular complexity index is 381. The molecule has 0 aliphatic rings. The zero-order valence-corrected chi connectivity index (χ0v) is 6.68. The maximum Gasteiger partial charge on any atom is 0.282 e. The average molecular weight is 202 g/mol.